The zero-order valence-corrected chi connectivity index (χ0v) is 11.8. The van der Waals surface area contributed by atoms with E-state index in [0.29, 0.717) is 11.2 Å². The third-order valence-corrected chi connectivity index (χ3v) is 4.57. The van der Waals surface area contributed by atoms with E-state index in [0.717, 1.165) is 5.92 Å². The molecule has 92 valence electrons. The molecule has 0 unspecified atom stereocenters. The maximum absolute atomic E-state index is 6.09. The van der Waals surface area contributed by atoms with Crippen LogP contribution in [0.5, 0.6) is 0 Å². The van der Waals surface area contributed by atoms with Crippen LogP contribution in [0.1, 0.15) is 54.9 Å². The second-order valence-corrected chi connectivity index (χ2v) is 7.50. The first-order valence-electron chi connectivity index (χ1n) is 6.40. The minimum Gasteiger partial charge on any atom is -0.403 e. The molecule has 2 rings (SSSR count). The highest BCUT2D eigenvalue weighted by Crippen LogP contribution is 2.59. The normalized spacial score (nSPS) is 36.6. The highest BCUT2D eigenvalue weighted by Gasteiger charge is 2.61. The summed E-state index contributed by atoms with van der Waals surface area (Å²) >= 11 is 0. The minimum atomic E-state index is -0.178. The monoisotopic (exact) mass is 224 g/mol. The van der Waals surface area contributed by atoms with E-state index in [-0.39, 0.29) is 18.3 Å². The maximum Gasteiger partial charge on any atom is 0.461 e. The zero-order chi connectivity index (χ0) is 12.4. The molecular formula is C13H25BO2. The number of hydrogen-bond donors (Lipinski definition) is 0. The Morgan fingerprint density at radius 2 is 1.44 bits per heavy atom. The molecule has 0 aromatic heterocycles. The van der Waals surface area contributed by atoms with E-state index < -0.39 is 0 Å². The molecule has 1 aliphatic carbocycles. The van der Waals surface area contributed by atoms with Crippen LogP contribution in [0.2, 0.25) is 5.82 Å². The molecule has 2 atom stereocenters. The van der Waals surface area contributed by atoms with Crippen LogP contribution < -0.4 is 0 Å². The third-order valence-electron chi connectivity index (χ3n) is 4.57. The fourth-order valence-corrected chi connectivity index (χ4v) is 2.57. The lowest BCUT2D eigenvalue weighted by atomic mass is 9.75. The topological polar surface area (TPSA) is 18.5 Å². The van der Waals surface area contributed by atoms with Crippen LogP contribution in [-0.2, 0) is 9.31 Å². The maximum atomic E-state index is 6.09. The van der Waals surface area contributed by atoms with Crippen LogP contribution in [-0.4, -0.2) is 18.3 Å². The van der Waals surface area contributed by atoms with E-state index in [1.807, 2.05) is 0 Å². The Bertz CT molecular complexity index is 275. The van der Waals surface area contributed by atoms with Crippen LogP contribution in [0, 0.1) is 11.3 Å². The first-order chi connectivity index (χ1) is 7.05. The average Bonchev–Trinajstić information content (AvgIpc) is 2.73. The molecule has 0 aromatic carbocycles. The van der Waals surface area contributed by atoms with Gasteiger partial charge in [0, 0.05) is 0 Å². The van der Waals surface area contributed by atoms with Crippen molar-refractivity contribution in [3.8, 4) is 0 Å². The summed E-state index contributed by atoms with van der Waals surface area (Å²) in [6, 6.07) is 0. The Balaban J connectivity index is 2.02. The molecule has 0 radical (unpaired) electrons. The van der Waals surface area contributed by atoms with Gasteiger partial charge in [-0.2, -0.15) is 0 Å². The molecule has 3 heteroatoms. The first-order valence-corrected chi connectivity index (χ1v) is 6.40. The molecule has 1 aliphatic heterocycles. The van der Waals surface area contributed by atoms with Gasteiger partial charge in [-0.25, -0.2) is 0 Å². The van der Waals surface area contributed by atoms with Gasteiger partial charge >= 0.3 is 7.12 Å². The van der Waals surface area contributed by atoms with E-state index in [4.69, 9.17) is 9.31 Å². The van der Waals surface area contributed by atoms with Gasteiger partial charge in [0.1, 0.15) is 0 Å². The van der Waals surface area contributed by atoms with Gasteiger partial charge in [-0.3, -0.25) is 0 Å². The lowest BCUT2D eigenvalue weighted by Crippen LogP contribution is -2.41. The van der Waals surface area contributed by atoms with Crippen LogP contribution in [0.4, 0.5) is 0 Å². The Morgan fingerprint density at radius 3 is 1.75 bits per heavy atom. The highest BCUT2D eigenvalue weighted by molar-refractivity contribution is 6.48. The SMILES string of the molecule is CC(C)(C)[C@H]1C[C@@H]1B1OC(C)(C)C(C)(C)O1. The van der Waals surface area contributed by atoms with Crippen molar-refractivity contribution >= 4 is 7.12 Å². The average molecular weight is 224 g/mol. The Labute approximate surface area is 100 Å². The van der Waals surface area contributed by atoms with Crippen molar-refractivity contribution in [3.05, 3.63) is 0 Å². The van der Waals surface area contributed by atoms with E-state index >= 15 is 0 Å². The highest BCUT2D eigenvalue weighted by atomic mass is 16.7. The molecule has 0 aromatic rings. The second-order valence-electron chi connectivity index (χ2n) is 7.50. The van der Waals surface area contributed by atoms with Crippen LogP contribution in [0.15, 0.2) is 0 Å². The van der Waals surface area contributed by atoms with Crippen LogP contribution >= 0.6 is 0 Å². The Hall–Kier alpha value is -0.0151. The summed E-state index contributed by atoms with van der Waals surface area (Å²) in [7, 11) is 0.00854. The third kappa shape index (κ3) is 1.93. The zero-order valence-electron chi connectivity index (χ0n) is 11.8. The lowest BCUT2D eigenvalue weighted by molar-refractivity contribution is 0.00578. The molecule has 1 heterocycles. The quantitative estimate of drug-likeness (QED) is 0.634. The largest absolute Gasteiger partial charge is 0.461 e. The van der Waals surface area contributed by atoms with E-state index in [9.17, 15) is 0 Å². The molecule has 1 saturated carbocycles. The van der Waals surface area contributed by atoms with Crippen molar-refractivity contribution in [2.75, 3.05) is 0 Å². The molecular weight excluding hydrogens is 199 g/mol. The van der Waals surface area contributed by atoms with Gasteiger partial charge in [-0.1, -0.05) is 20.8 Å². The summed E-state index contributed by atoms with van der Waals surface area (Å²) in [6.07, 6.45) is 1.25. The Morgan fingerprint density at radius 1 is 1.00 bits per heavy atom. The molecule has 0 amide bonds. The molecule has 16 heavy (non-hydrogen) atoms. The fraction of sp³-hybridized carbons (Fsp3) is 1.00. The molecule has 0 bridgehead atoms. The molecule has 1 saturated heterocycles. The summed E-state index contributed by atoms with van der Waals surface area (Å²) in [6.45, 7) is 15.4. The molecule has 2 aliphatic rings. The van der Waals surface area contributed by atoms with Crippen molar-refractivity contribution in [3.63, 3.8) is 0 Å². The van der Waals surface area contributed by atoms with Gasteiger partial charge in [0.05, 0.1) is 11.2 Å². The van der Waals surface area contributed by atoms with Crippen molar-refractivity contribution in [2.45, 2.75) is 71.9 Å². The summed E-state index contributed by atoms with van der Waals surface area (Å²) in [5.41, 5.74) is 0.0274. The number of rotatable bonds is 1. The smallest absolute Gasteiger partial charge is 0.403 e. The molecule has 0 spiro atoms. The summed E-state index contributed by atoms with van der Waals surface area (Å²) in [4.78, 5) is 0. The molecule has 0 N–H and O–H groups in total. The van der Waals surface area contributed by atoms with Crippen molar-refractivity contribution < 1.29 is 9.31 Å². The van der Waals surface area contributed by atoms with Crippen molar-refractivity contribution in [1.29, 1.82) is 0 Å². The minimum absolute atomic E-state index is 0.00854. The molecule has 2 nitrogen and oxygen atoms in total. The predicted octanol–water partition coefficient (Wildman–Crippen LogP) is 3.51. The van der Waals surface area contributed by atoms with Crippen LogP contribution in [0.25, 0.3) is 0 Å². The van der Waals surface area contributed by atoms with Gasteiger partial charge < -0.3 is 9.31 Å². The Kier molecular flexibility index (Phi) is 2.53. The number of hydrogen-bond acceptors (Lipinski definition) is 2. The summed E-state index contributed by atoms with van der Waals surface area (Å²) in [5.74, 6) is 1.35. The standard InChI is InChI=1S/C13H25BO2/c1-11(2,3)9-8-10(9)14-15-12(4,5)13(6,7)16-14/h9-10H,8H2,1-7H3/t9-,10-/m0/s1. The van der Waals surface area contributed by atoms with Crippen molar-refractivity contribution in [1.82, 2.24) is 0 Å². The van der Waals surface area contributed by atoms with Gasteiger partial charge in [0.2, 0.25) is 0 Å². The first kappa shape index (κ1) is 12.4. The molecule has 2 fully saturated rings. The van der Waals surface area contributed by atoms with E-state index in [1.165, 1.54) is 6.42 Å². The van der Waals surface area contributed by atoms with Crippen molar-refractivity contribution in [2.24, 2.45) is 11.3 Å². The van der Waals surface area contributed by atoms with Gasteiger partial charge in [0.15, 0.2) is 0 Å². The van der Waals surface area contributed by atoms with E-state index in [2.05, 4.69) is 48.5 Å². The van der Waals surface area contributed by atoms with Crippen LogP contribution in [0.3, 0.4) is 0 Å². The second kappa shape index (κ2) is 3.26. The lowest BCUT2D eigenvalue weighted by Gasteiger charge is -2.32. The van der Waals surface area contributed by atoms with E-state index in [1.54, 1.807) is 0 Å². The summed E-state index contributed by atoms with van der Waals surface area (Å²) in [5, 5.41) is 0. The predicted molar refractivity (Wildman–Crippen MR) is 67.4 cm³/mol. The fourth-order valence-electron chi connectivity index (χ4n) is 2.57. The van der Waals surface area contributed by atoms with Gasteiger partial charge in [-0.15, -0.1) is 0 Å². The van der Waals surface area contributed by atoms with Gasteiger partial charge in [0.25, 0.3) is 0 Å². The summed E-state index contributed by atoms with van der Waals surface area (Å²) < 4.78 is 12.2. The van der Waals surface area contributed by atoms with Gasteiger partial charge in [-0.05, 0) is 51.3 Å².